The first-order valence-electron chi connectivity index (χ1n) is 11.8. The second kappa shape index (κ2) is 10.2. The zero-order chi connectivity index (χ0) is 26.0. The Morgan fingerprint density at radius 1 is 1.08 bits per heavy atom. The molecule has 12 heteroatoms. The van der Waals surface area contributed by atoms with Crippen LogP contribution in [0.2, 0.25) is 0 Å². The number of likely N-dealkylation sites (tertiary alicyclic amines) is 1. The number of benzene rings is 1. The van der Waals surface area contributed by atoms with E-state index in [-0.39, 0.29) is 40.9 Å². The van der Waals surface area contributed by atoms with Crippen molar-refractivity contribution in [2.75, 3.05) is 50.0 Å². The molecule has 1 atom stereocenters. The van der Waals surface area contributed by atoms with Crippen LogP contribution in [0.5, 0.6) is 5.88 Å². The van der Waals surface area contributed by atoms with Crippen LogP contribution in [-0.2, 0) is 10.9 Å². The molecule has 5 rings (SSSR count). The highest BCUT2D eigenvalue weighted by Gasteiger charge is 2.35. The van der Waals surface area contributed by atoms with E-state index in [1.165, 1.54) is 6.07 Å². The summed E-state index contributed by atoms with van der Waals surface area (Å²) in [6.45, 7) is 2.68. The van der Waals surface area contributed by atoms with Gasteiger partial charge >= 0.3 is 6.18 Å². The Bertz CT molecular complexity index is 1270. The normalized spacial score (nSPS) is 18.2. The van der Waals surface area contributed by atoms with Crippen molar-refractivity contribution in [2.24, 2.45) is 0 Å². The molecule has 2 aliphatic heterocycles. The molecule has 3 aromatic rings. The number of aromatic nitrogens is 3. The van der Waals surface area contributed by atoms with Gasteiger partial charge in [0, 0.05) is 49.4 Å². The van der Waals surface area contributed by atoms with Crippen LogP contribution in [0.1, 0.15) is 22.3 Å². The smallest absolute Gasteiger partial charge is 0.417 e. The quantitative estimate of drug-likeness (QED) is 0.553. The van der Waals surface area contributed by atoms with Gasteiger partial charge in [0.2, 0.25) is 11.8 Å². The Labute approximate surface area is 211 Å². The Balaban J connectivity index is 1.44. The average Bonchev–Trinajstić information content (AvgIpc) is 3.37. The molecule has 2 aliphatic rings. The molecule has 0 spiro atoms. The summed E-state index contributed by atoms with van der Waals surface area (Å²) in [4.78, 5) is 29.1. The van der Waals surface area contributed by atoms with E-state index in [1.807, 2.05) is 11.0 Å². The molecule has 4 heterocycles. The van der Waals surface area contributed by atoms with Crippen LogP contribution < -0.4 is 15.4 Å². The fraction of sp³-hybridized carbons (Fsp3) is 0.360. The van der Waals surface area contributed by atoms with Crippen molar-refractivity contribution in [1.82, 2.24) is 19.9 Å². The van der Waals surface area contributed by atoms with E-state index in [0.29, 0.717) is 51.4 Å². The van der Waals surface area contributed by atoms with Gasteiger partial charge in [-0.1, -0.05) is 18.2 Å². The van der Waals surface area contributed by atoms with E-state index >= 15 is 0 Å². The molecule has 2 aromatic heterocycles. The predicted octanol–water partition coefficient (Wildman–Crippen LogP) is 3.27. The van der Waals surface area contributed by atoms with Crippen molar-refractivity contribution in [3.63, 3.8) is 0 Å². The Morgan fingerprint density at radius 2 is 1.84 bits per heavy atom. The lowest BCUT2D eigenvalue weighted by Crippen LogP contribution is -2.37. The second-order valence-corrected chi connectivity index (χ2v) is 8.79. The minimum absolute atomic E-state index is 0.0153. The predicted molar refractivity (Wildman–Crippen MR) is 129 cm³/mol. The molecule has 194 valence electrons. The summed E-state index contributed by atoms with van der Waals surface area (Å²) in [5, 5.41) is 0. The number of hydrogen-bond acceptors (Lipinski definition) is 8. The summed E-state index contributed by atoms with van der Waals surface area (Å²) in [5.74, 6) is 0.00223. The molecule has 0 aliphatic carbocycles. The number of morpholine rings is 1. The maximum atomic E-state index is 13.8. The Morgan fingerprint density at radius 3 is 2.57 bits per heavy atom. The summed E-state index contributed by atoms with van der Waals surface area (Å²) in [5.41, 5.74) is 4.97. The highest BCUT2D eigenvalue weighted by molar-refractivity contribution is 5.94. The lowest BCUT2D eigenvalue weighted by Gasteiger charge is -2.27. The van der Waals surface area contributed by atoms with Crippen molar-refractivity contribution in [2.45, 2.75) is 18.7 Å². The summed E-state index contributed by atoms with van der Waals surface area (Å²) >= 11 is 0. The number of ether oxygens (including phenoxy) is 2. The first kappa shape index (κ1) is 24.8. The summed E-state index contributed by atoms with van der Waals surface area (Å²) in [7, 11) is 0. The summed E-state index contributed by atoms with van der Waals surface area (Å²) < 4.78 is 53.0. The number of rotatable bonds is 5. The van der Waals surface area contributed by atoms with Gasteiger partial charge in [0.15, 0.2) is 0 Å². The lowest BCUT2D eigenvalue weighted by atomic mass is 10.1. The van der Waals surface area contributed by atoms with E-state index in [2.05, 4.69) is 15.0 Å². The fourth-order valence-corrected chi connectivity index (χ4v) is 4.37. The van der Waals surface area contributed by atoms with Gasteiger partial charge in [-0.15, -0.1) is 0 Å². The summed E-state index contributed by atoms with van der Waals surface area (Å²) in [6, 6.07) is 11.1. The van der Waals surface area contributed by atoms with Crippen molar-refractivity contribution >= 4 is 17.7 Å². The average molecular weight is 515 g/mol. The third kappa shape index (κ3) is 5.58. The Hall–Kier alpha value is -3.93. The van der Waals surface area contributed by atoms with Crippen LogP contribution >= 0.6 is 0 Å². The molecule has 1 aromatic carbocycles. The number of carbonyl (C=O) groups excluding carboxylic acids is 1. The van der Waals surface area contributed by atoms with Gasteiger partial charge < -0.3 is 25.0 Å². The molecule has 9 nitrogen and oxygen atoms in total. The van der Waals surface area contributed by atoms with Gasteiger partial charge in [0.1, 0.15) is 11.9 Å². The highest BCUT2D eigenvalue weighted by Crippen LogP contribution is 2.38. The standard InChI is InChI=1S/C25H25F3N6O3/c26-25(27,28)19-12-21(29)30-14-18(19)20-13-22(32-24(31-20)33-8-10-36-11-9-33)37-17-6-7-34(15-17)23(35)16-4-2-1-3-5-16/h1-5,12-14,17H,6-11,15H2,(H2,29,30)/t17-/m0/s1. The number of halogens is 3. The van der Waals surface area contributed by atoms with Gasteiger partial charge in [-0.2, -0.15) is 18.2 Å². The number of hydrogen-bond donors (Lipinski definition) is 1. The van der Waals surface area contributed by atoms with Crippen molar-refractivity contribution in [3.05, 3.63) is 59.8 Å². The first-order valence-corrected chi connectivity index (χ1v) is 11.8. The van der Waals surface area contributed by atoms with Gasteiger partial charge in [-0.25, -0.2) is 9.97 Å². The number of amides is 1. The third-order valence-electron chi connectivity index (χ3n) is 6.23. The minimum Gasteiger partial charge on any atom is -0.472 e. The SMILES string of the molecule is Nc1cc(C(F)(F)F)c(-c2cc(O[C@H]3CCN(C(=O)c4ccccc4)C3)nc(N3CCOCC3)n2)cn1. The van der Waals surface area contributed by atoms with Crippen molar-refractivity contribution in [1.29, 1.82) is 0 Å². The van der Waals surface area contributed by atoms with E-state index in [9.17, 15) is 18.0 Å². The van der Waals surface area contributed by atoms with Gasteiger partial charge in [0.25, 0.3) is 5.91 Å². The molecule has 0 bridgehead atoms. The molecule has 0 saturated carbocycles. The van der Waals surface area contributed by atoms with Crippen molar-refractivity contribution < 1.29 is 27.4 Å². The second-order valence-electron chi connectivity index (χ2n) is 8.79. The van der Waals surface area contributed by atoms with Gasteiger partial charge in [0.05, 0.1) is 31.0 Å². The largest absolute Gasteiger partial charge is 0.472 e. The lowest BCUT2D eigenvalue weighted by molar-refractivity contribution is -0.137. The van der Waals surface area contributed by atoms with E-state index in [4.69, 9.17) is 15.2 Å². The number of alkyl halides is 3. The topological polar surface area (TPSA) is 107 Å². The zero-order valence-electron chi connectivity index (χ0n) is 19.8. The number of pyridine rings is 1. The van der Waals surface area contributed by atoms with Crippen LogP contribution in [0.25, 0.3) is 11.3 Å². The molecule has 2 saturated heterocycles. The monoisotopic (exact) mass is 514 g/mol. The molecule has 1 amide bonds. The number of nitrogen functional groups attached to an aromatic ring is 1. The van der Waals surface area contributed by atoms with Crippen LogP contribution in [0.4, 0.5) is 24.9 Å². The van der Waals surface area contributed by atoms with E-state index in [0.717, 1.165) is 12.3 Å². The maximum Gasteiger partial charge on any atom is 0.417 e. The van der Waals surface area contributed by atoms with Crippen LogP contribution in [0.15, 0.2) is 48.7 Å². The summed E-state index contributed by atoms with van der Waals surface area (Å²) in [6.07, 6.45) is -3.42. The molecule has 37 heavy (non-hydrogen) atoms. The Kier molecular flexibility index (Phi) is 6.83. The number of nitrogens with two attached hydrogens (primary N) is 1. The maximum absolute atomic E-state index is 13.8. The van der Waals surface area contributed by atoms with Crippen LogP contribution in [-0.4, -0.2) is 71.3 Å². The molecule has 0 radical (unpaired) electrons. The molecule has 2 fully saturated rings. The molecule has 2 N–H and O–H groups in total. The number of anilines is 2. The van der Waals surface area contributed by atoms with E-state index < -0.39 is 11.7 Å². The van der Waals surface area contributed by atoms with E-state index in [1.54, 1.807) is 29.2 Å². The van der Waals surface area contributed by atoms with Crippen molar-refractivity contribution in [3.8, 4) is 17.1 Å². The fourth-order valence-electron chi connectivity index (χ4n) is 4.37. The first-order chi connectivity index (χ1) is 17.8. The molecular weight excluding hydrogens is 489 g/mol. The molecule has 0 unspecified atom stereocenters. The van der Waals surface area contributed by atoms with Gasteiger partial charge in [-0.3, -0.25) is 4.79 Å². The zero-order valence-corrected chi connectivity index (χ0v) is 19.8. The minimum atomic E-state index is -4.67. The van der Waals surface area contributed by atoms with Crippen LogP contribution in [0.3, 0.4) is 0 Å². The highest BCUT2D eigenvalue weighted by atomic mass is 19.4. The number of nitrogens with zero attached hydrogens (tertiary/aromatic N) is 5. The van der Waals surface area contributed by atoms with Crippen LogP contribution in [0, 0.1) is 0 Å². The number of carbonyl (C=O) groups is 1. The van der Waals surface area contributed by atoms with Gasteiger partial charge in [-0.05, 0) is 18.2 Å². The third-order valence-corrected chi connectivity index (χ3v) is 6.23. The molecular formula is C25H25F3N6O3.